The molecule has 124 valence electrons. The highest BCUT2D eigenvalue weighted by atomic mass is 16.5. The van der Waals surface area contributed by atoms with Crippen molar-refractivity contribution in [1.29, 1.82) is 0 Å². The molecule has 1 atom stereocenters. The highest BCUT2D eigenvalue weighted by Crippen LogP contribution is 2.35. The summed E-state index contributed by atoms with van der Waals surface area (Å²) in [7, 11) is 0. The van der Waals surface area contributed by atoms with Gasteiger partial charge in [0.1, 0.15) is 0 Å². The predicted octanol–water partition coefficient (Wildman–Crippen LogP) is 3.31. The van der Waals surface area contributed by atoms with Crippen LogP contribution in [-0.2, 0) is 11.2 Å². The molecule has 0 spiro atoms. The lowest BCUT2D eigenvalue weighted by molar-refractivity contribution is 0.133. The fourth-order valence-electron chi connectivity index (χ4n) is 3.60. The van der Waals surface area contributed by atoms with Gasteiger partial charge in [0.15, 0.2) is 0 Å². The maximum Gasteiger partial charge on any atom is 0.0726 e. The van der Waals surface area contributed by atoms with Gasteiger partial charge in [0.2, 0.25) is 0 Å². The minimum Gasteiger partial charge on any atom is -0.396 e. The summed E-state index contributed by atoms with van der Waals surface area (Å²) in [6.45, 7) is 6.81. The van der Waals surface area contributed by atoms with Gasteiger partial charge in [-0.2, -0.15) is 0 Å². The van der Waals surface area contributed by atoms with Gasteiger partial charge in [-0.25, -0.2) is 0 Å². The standard InChI is InChI=1S/C19H26N2O2/c1-3-15-14(2)21-17-7-5-4-6-16(17)18(15)20-12-19(8-10-22)9-11-23-13-19/h4-7,22H,3,8-13H2,1-2H3,(H,20,21). The zero-order valence-electron chi connectivity index (χ0n) is 14.1. The number of benzene rings is 1. The van der Waals surface area contributed by atoms with E-state index in [0.29, 0.717) is 0 Å². The molecular formula is C19H26N2O2. The van der Waals surface area contributed by atoms with E-state index in [9.17, 15) is 5.11 Å². The molecule has 1 aromatic heterocycles. The molecule has 4 nitrogen and oxygen atoms in total. The normalized spacial score (nSPS) is 21.0. The van der Waals surface area contributed by atoms with Gasteiger partial charge in [0.05, 0.1) is 12.1 Å². The summed E-state index contributed by atoms with van der Waals surface area (Å²) in [6.07, 6.45) is 2.74. The Bertz CT molecular complexity index is 678. The second-order valence-electron chi connectivity index (χ2n) is 6.55. The maximum atomic E-state index is 9.41. The van der Waals surface area contributed by atoms with Crippen LogP contribution < -0.4 is 5.32 Å². The topological polar surface area (TPSA) is 54.4 Å². The Morgan fingerprint density at radius 3 is 2.87 bits per heavy atom. The number of ether oxygens (including phenoxy) is 1. The molecule has 0 amide bonds. The van der Waals surface area contributed by atoms with Crippen molar-refractivity contribution < 1.29 is 9.84 Å². The Hall–Kier alpha value is -1.65. The zero-order chi connectivity index (χ0) is 16.3. The maximum absolute atomic E-state index is 9.41. The van der Waals surface area contributed by atoms with Gasteiger partial charge >= 0.3 is 0 Å². The lowest BCUT2D eigenvalue weighted by Gasteiger charge is -2.28. The van der Waals surface area contributed by atoms with Gasteiger partial charge < -0.3 is 15.2 Å². The molecule has 1 aromatic carbocycles. The minimum atomic E-state index is 0.0397. The van der Waals surface area contributed by atoms with Crippen molar-refractivity contribution in [1.82, 2.24) is 4.98 Å². The third-order valence-electron chi connectivity index (χ3n) is 5.02. The van der Waals surface area contributed by atoms with Crippen LogP contribution in [0.25, 0.3) is 10.9 Å². The lowest BCUT2D eigenvalue weighted by Crippen LogP contribution is -2.31. The fourth-order valence-corrected chi connectivity index (χ4v) is 3.60. The number of aliphatic hydroxyl groups excluding tert-OH is 1. The number of rotatable bonds is 6. The molecular weight excluding hydrogens is 288 g/mol. The smallest absolute Gasteiger partial charge is 0.0726 e. The summed E-state index contributed by atoms with van der Waals surface area (Å²) in [5.74, 6) is 0. The number of fused-ring (bicyclic) bond motifs is 1. The Labute approximate surface area is 137 Å². The third-order valence-corrected chi connectivity index (χ3v) is 5.02. The van der Waals surface area contributed by atoms with Crippen molar-refractivity contribution in [2.45, 2.75) is 33.1 Å². The molecule has 2 N–H and O–H groups in total. The molecule has 1 aliphatic heterocycles. The second-order valence-corrected chi connectivity index (χ2v) is 6.55. The van der Waals surface area contributed by atoms with Gasteiger partial charge in [-0.1, -0.05) is 25.1 Å². The van der Waals surface area contributed by atoms with Crippen LogP contribution in [0, 0.1) is 12.3 Å². The first kappa shape index (κ1) is 16.2. The molecule has 2 aromatic rings. The Balaban J connectivity index is 1.95. The molecule has 0 bridgehead atoms. The van der Waals surface area contributed by atoms with Crippen molar-refractivity contribution in [3.8, 4) is 0 Å². The molecule has 2 heterocycles. The zero-order valence-corrected chi connectivity index (χ0v) is 14.1. The highest BCUT2D eigenvalue weighted by Gasteiger charge is 2.34. The number of nitrogens with zero attached hydrogens (tertiary/aromatic N) is 1. The molecule has 3 rings (SSSR count). The van der Waals surface area contributed by atoms with E-state index in [0.717, 1.165) is 50.2 Å². The van der Waals surface area contributed by atoms with Crippen LogP contribution in [0.3, 0.4) is 0 Å². The van der Waals surface area contributed by atoms with Crippen LogP contribution in [0.1, 0.15) is 31.0 Å². The van der Waals surface area contributed by atoms with E-state index >= 15 is 0 Å². The number of anilines is 1. The first-order valence-corrected chi connectivity index (χ1v) is 8.50. The molecule has 0 aliphatic carbocycles. The van der Waals surface area contributed by atoms with E-state index in [1.54, 1.807) is 0 Å². The number of pyridine rings is 1. The van der Waals surface area contributed by atoms with Crippen LogP contribution in [0.4, 0.5) is 5.69 Å². The largest absolute Gasteiger partial charge is 0.396 e. The summed E-state index contributed by atoms with van der Waals surface area (Å²) in [6, 6.07) is 8.29. The minimum absolute atomic E-state index is 0.0397. The van der Waals surface area contributed by atoms with Crippen molar-refractivity contribution in [3.05, 3.63) is 35.5 Å². The van der Waals surface area contributed by atoms with Gasteiger partial charge in [0, 0.05) is 41.9 Å². The highest BCUT2D eigenvalue weighted by molar-refractivity contribution is 5.93. The number of hydrogen-bond donors (Lipinski definition) is 2. The first-order chi connectivity index (χ1) is 11.2. The molecule has 23 heavy (non-hydrogen) atoms. The number of para-hydroxylation sites is 1. The molecule has 0 saturated carbocycles. The summed E-state index contributed by atoms with van der Waals surface area (Å²) < 4.78 is 5.61. The van der Waals surface area contributed by atoms with Crippen LogP contribution >= 0.6 is 0 Å². The molecule has 1 fully saturated rings. The lowest BCUT2D eigenvalue weighted by atomic mass is 9.83. The van der Waals surface area contributed by atoms with Crippen molar-refractivity contribution >= 4 is 16.6 Å². The SMILES string of the molecule is CCc1c(C)nc2ccccc2c1NCC1(CCO)CCOC1. The number of aromatic nitrogens is 1. The Kier molecular flexibility index (Phi) is 4.83. The van der Waals surface area contributed by atoms with Crippen LogP contribution in [0.15, 0.2) is 24.3 Å². The molecule has 1 aliphatic rings. The van der Waals surface area contributed by atoms with E-state index in [1.165, 1.54) is 16.6 Å². The van der Waals surface area contributed by atoms with Crippen LogP contribution in [0.5, 0.6) is 0 Å². The number of nitrogens with one attached hydrogen (secondary N) is 1. The van der Waals surface area contributed by atoms with Crippen molar-refractivity contribution in [3.63, 3.8) is 0 Å². The van der Waals surface area contributed by atoms with Crippen molar-refractivity contribution in [2.75, 3.05) is 31.7 Å². The van der Waals surface area contributed by atoms with E-state index < -0.39 is 0 Å². The van der Waals surface area contributed by atoms with Gasteiger partial charge in [-0.05, 0) is 37.8 Å². The molecule has 4 heteroatoms. The van der Waals surface area contributed by atoms with E-state index in [1.807, 2.05) is 6.07 Å². The number of hydrogen-bond acceptors (Lipinski definition) is 4. The number of aryl methyl sites for hydroxylation is 1. The monoisotopic (exact) mass is 314 g/mol. The van der Waals surface area contributed by atoms with E-state index in [4.69, 9.17) is 9.72 Å². The Morgan fingerprint density at radius 1 is 1.35 bits per heavy atom. The summed E-state index contributed by atoms with van der Waals surface area (Å²) in [4.78, 5) is 4.74. The van der Waals surface area contributed by atoms with Crippen molar-refractivity contribution in [2.24, 2.45) is 5.41 Å². The van der Waals surface area contributed by atoms with Gasteiger partial charge in [-0.15, -0.1) is 0 Å². The summed E-state index contributed by atoms with van der Waals surface area (Å²) in [5.41, 5.74) is 4.63. The number of aliphatic hydroxyl groups is 1. The third kappa shape index (κ3) is 3.19. The van der Waals surface area contributed by atoms with E-state index in [-0.39, 0.29) is 12.0 Å². The second kappa shape index (κ2) is 6.85. The van der Waals surface area contributed by atoms with Gasteiger partial charge in [0.25, 0.3) is 0 Å². The summed E-state index contributed by atoms with van der Waals surface area (Å²) in [5, 5.41) is 14.3. The van der Waals surface area contributed by atoms with Gasteiger partial charge in [-0.3, -0.25) is 4.98 Å². The average molecular weight is 314 g/mol. The predicted molar refractivity (Wildman–Crippen MR) is 93.9 cm³/mol. The molecule has 1 saturated heterocycles. The van der Waals surface area contributed by atoms with Crippen LogP contribution in [-0.4, -0.2) is 36.5 Å². The first-order valence-electron chi connectivity index (χ1n) is 8.50. The fraction of sp³-hybridized carbons (Fsp3) is 0.526. The van der Waals surface area contributed by atoms with E-state index in [2.05, 4.69) is 37.4 Å². The Morgan fingerprint density at radius 2 is 2.17 bits per heavy atom. The molecule has 0 radical (unpaired) electrons. The average Bonchev–Trinajstić information content (AvgIpc) is 3.01. The quantitative estimate of drug-likeness (QED) is 0.859. The summed E-state index contributed by atoms with van der Waals surface area (Å²) >= 11 is 0. The van der Waals surface area contributed by atoms with Crippen LogP contribution in [0.2, 0.25) is 0 Å². The molecule has 1 unspecified atom stereocenters.